The third-order valence-electron chi connectivity index (χ3n) is 7.57. The van der Waals surface area contributed by atoms with Gasteiger partial charge in [0.05, 0.1) is 25.4 Å². The Morgan fingerprint density at radius 1 is 0.702 bits per heavy atom. The van der Waals surface area contributed by atoms with Crippen LogP contribution in [0.4, 0.5) is 0 Å². The average Bonchev–Trinajstić information content (AvgIpc) is 3.05. The number of nitrogens with one attached hydrogen (secondary N) is 1. The van der Waals surface area contributed by atoms with Crippen LogP contribution in [0.5, 0.6) is 0 Å². The monoisotopic (exact) mass is 680 g/mol. The largest absolute Gasteiger partial charge is 0.472 e. The molecular weight excluding hydrogens is 611 g/mol. The maximum atomic E-state index is 12.7. The molecule has 8 nitrogen and oxygen atoms in total. The van der Waals surface area contributed by atoms with E-state index in [0.717, 1.165) is 64.2 Å². The van der Waals surface area contributed by atoms with Gasteiger partial charge < -0.3 is 21.1 Å². The number of allylic oxidation sites excluding steroid dienone is 9. The van der Waals surface area contributed by atoms with E-state index in [2.05, 4.69) is 67.8 Å². The SMILES string of the molecule is CCCCC/C=C\C/C=C\C/C=C\CCCCCCCCC(=O)NC(COP(=O)(O)OCCN)C(O)/C=C/CC/C=C/CCCCC. The summed E-state index contributed by atoms with van der Waals surface area (Å²) in [6.07, 6.45) is 41.3. The van der Waals surface area contributed by atoms with Crippen LogP contribution in [0.1, 0.15) is 142 Å². The summed E-state index contributed by atoms with van der Waals surface area (Å²) in [6.45, 7) is 3.99. The molecule has 0 saturated carbocycles. The molecule has 0 aliphatic rings. The first-order chi connectivity index (χ1) is 22.9. The van der Waals surface area contributed by atoms with Crippen molar-refractivity contribution < 1.29 is 28.4 Å². The second kappa shape index (κ2) is 34.1. The lowest BCUT2D eigenvalue weighted by Gasteiger charge is -2.23. The Balaban J connectivity index is 4.30. The van der Waals surface area contributed by atoms with Gasteiger partial charge in [-0.1, -0.05) is 126 Å². The van der Waals surface area contributed by atoms with Crippen LogP contribution in [0.25, 0.3) is 0 Å². The quantitative estimate of drug-likeness (QED) is 0.0308. The molecule has 9 heteroatoms. The van der Waals surface area contributed by atoms with E-state index in [1.807, 2.05) is 6.08 Å². The van der Waals surface area contributed by atoms with Crippen LogP contribution >= 0.6 is 7.82 Å². The number of aliphatic hydroxyl groups excluding tert-OH is 1. The van der Waals surface area contributed by atoms with Gasteiger partial charge in [0, 0.05) is 13.0 Å². The first-order valence-electron chi connectivity index (χ1n) is 18.4. The third-order valence-corrected chi connectivity index (χ3v) is 8.55. The third kappa shape index (κ3) is 32.5. The average molecular weight is 681 g/mol. The van der Waals surface area contributed by atoms with Crippen LogP contribution in [-0.4, -0.2) is 47.8 Å². The van der Waals surface area contributed by atoms with E-state index in [9.17, 15) is 19.4 Å². The Morgan fingerprint density at radius 3 is 1.79 bits per heavy atom. The van der Waals surface area contributed by atoms with E-state index in [-0.39, 0.29) is 25.7 Å². The zero-order valence-electron chi connectivity index (χ0n) is 29.7. The van der Waals surface area contributed by atoms with Crippen molar-refractivity contribution in [1.82, 2.24) is 5.32 Å². The molecule has 1 amide bonds. The number of phosphoric ester groups is 1. The molecular formula is C38H69N2O6P. The Labute approximate surface area is 287 Å². The zero-order valence-corrected chi connectivity index (χ0v) is 30.6. The number of rotatable bonds is 33. The first-order valence-corrected chi connectivity index (χ1v) is 19.9. The maximum Gasteiger partial charge on any atom is 0.472 e. The van der Waals surface area contributed by atoms with Gasteiger partial charge in [0.2, 0.25) is 5.91 Å². The van der Waals surface area contributed by atoms with Crippen LogP contribution in [0.15, 0.2) is 60.8 Å². The number of nitrogens with two attached hydrogens (primary N) is 1. The lowest BCUT2D eigenvalue weighted by Crippen LogP contribution is -2.45. The highest BCUT2D eigenvalue weighted by molar-refractivity contribution is 7.47. The fraction of sp³-hybridized carbons (Fsp3) is 0.711. The summed E-state index contributed by atoms with van der Waals surface area (Å²) in [6, 6.07) is -0.883. The fourth-order valence-corrected chi connectivity index (χ4v) is 5.50. The molecule has 5 N–H and O–H groups in total. The molecule has 0 aliphatic heterocycles. The molecule has 3 unspecified atom stereocenters. The number of carbonyl (C=O) groups excluding carboxylic acids is 1. The molecule has 0 rings (SSSR count). The van der Waals surface area contributed by atoms with Gasteiger partial charge in [-0.3, -0.25) is 13.8 Å². The van der Waals surface area contributed by atoms with E-state index < -0.39 is 20.0 Å². The van der Waals surface area contributed by atoms with Gasteiger partial charge >= 0.3 is 7.82 Å². The Kier molecular flexibility index (Phi) is 32.8. The van der Waals surface area contributed by atoms with Crippen molar-refractivity contribution in [2.45, 2.75) is 154 Å². The molecule has 0 aromatic rings. The molecule has 0 radical (unpaired) electrons. The van der Waals surface area contributed by atoms with Gasteiger partial charge in [-0.15, -0.1) is 0 Å². The fourth-order valence-electron chi connectivity index (χ4n) is 4.74. The van der Waals surface area contributed by atoms with Gasteiger partial charge in [0.25, 0.3) is 0 Å². The molecule has 0 fully saturated rings. The molecule has 0 aliphatic carbocycles. The topological polar surface area (TPSA) is 131 Å². The number of hydrogen-bond acceptors (Lipinski definition) is 6. The molecule has 3 atom stereocenters. The lowest BCUT2D eigenvalue weighted by atomic mass is 10.1. The predicted molar refractivity (Wildman–Crippen MR) is 198 cm³/mol. The molecule has 0 heterocycles. The van der Waals surface area contributed by atoms with Crippen molar-refractivity contribution in [1.29, 1.82) is 0 Å². The van der Waals surface area contributed by atoms with Crippen molar-refractivity contribution in [2.24, 2.45) is 5.73 Å². The first kappa shape index (κ1) is 45.2. The molecule has 0 saturated heterocycles. The summed E-state index contributed by atoms with van der Waals surface area (Å²) in [5, 5.41) is 13.5. The van der Waals surface area contributed by atoms with Crippen molar-refractivity contribution in [3.63, 3.8) is 0 Å². The summed E-state index contributed by atoms with van der Waals surface area (Å²) in [5.41, 5.74) is 5.34. The van der Waals surface area contributed by atoms with Gasteiger partial charge in [0.1, 0.15) is 0 Å². The van der Waals surface area contributed by atoms with E-state index in [1.54, 1.807) is 6.08 Å². The number of carbonyl (C=O) groups is 1. The standard InChI is InChI=1S/C38H69N2O6P/c1-3-5-7-9-11-13-14-15-16-17-18-19-20-21-22-24-26-28-30-32-38(42)40-36(35-46-47(43,44)45-34-33-39)37(41)31-29-27-25-23-12-10-8-6-4-2/h11-13,15-16,18-19,23,29,31,36-37,41H,3-10,14,17,20-22,24-28,30,32-35,39H2,1-2H3,(H,40,42)(H,43,44)/b13-11-,16-15-,19-18-,23-12+,31-29+. The Hall–Kier alpha value is -1.80. The molecule has 0 aromatic heterocycles. The smallest absolute Gasteiger partial charge is 0.387 e. The van der Waals surface area contributed by atoms with Gasteiger partial charge in [-0.25, -0.2) is 4.57 Å². The van der Waals surface area contributed by atoms with Crippen LogP contribution < -0.4 is 11.1 Å². The normalized spacial score (nSPS) is 15.1. The Bertz CT molecular complexity index is 918. The van der Waals surface area contributed by atoms with Crippen LogP contribution in [-0.2, 0) is 18.4 Å². The minimum Gasteiger partial charge on any atom is -0.387 e. The van der Waals surface area contributed by atoms with Gasteiger partial charge in [-0.05, 0) is 70.6 Å². The zero-order chi connectivity index (χ0) is 34.7. The molecule has 0 spiro atoms. The van der Waals surface area contributed by atoms with Crippen molar-refractivity contribution >= 4 is 13.7 Å². The molecule has 0 bridgehead atoms. The minimum absolute atomic E-state index is 0.0686. The van der Waals surface area contributed by atoms with E-state index in [0.29, 0.717) is 6.42 Å². The molecule has 272 valence electrons. The summed E-state index contributed by atoms with van der Waals surface area (Å²) >= 11 is 0. The summed E-state index contributed by atoms with van der Waals surface area (Å²) in [7, 11) is -4.34. The van der Waals surface area contributed by atoms with Gasteiger partial charge in [0.15, 0.2) is 0 Å². The van der Waals surface area contributed by atoms with Gasteiger partial charge in [-0.2, -0.15) is 0 Å². The number of unbranched alkanes of at least 4 members (excludes halogenated alkanes) is 13. The Morgan fingerprint density at radius 2 is 1.19 bits per heavy atom. The number of amides is 1. The van der Waals surface area contributed by atoms with E-state index in [4.69, 9.17) is 14.8 Å². The second-order valence-corrected chi connectivity index (χ2v) is 13.5. The number of hydrogen-bond donors (Lipinski definition) is 4. The second-order valence-electron chi connectivity index (χ2n) is 12.1. The minimum atomic E-state index is -4.34. The highest BCUT2D eigenvalue weighted by Gasteiger charge is 2.26. The highest BCUT2D eigenvalue weighted by Crippen LogP contribution is 2.43. The molecule has 47 heavy (non-hydrogen) atoms. The molecule has 0 aromatic carbocycles. The summed E-state index contributed by atoms with van der Waals surface area (Å²) in [5.74, 6) is -0.223. The van der Waals surface area contributed by atoms with Crippen LogP contribution in [0, 0.1) is 0 Å². The lowest BCUT2D eigenvalue weighted by molar-refractivity contribution is -0.123. The van der Waals surface area contributed by atoms with E-state index in [1.165, 1.54) is 57.8 Å². The predicted octanol–water partition coefficient (Wildman–Crippen LogP) is 9.55. The number of phosphoric acid groups is 1. The maximum absolute atomic E-state index is 12.7. The summed E-state index contributed by atoms with van der Waals surface area (Å²) in [4.78, 5) is 22.5. The highest BCUT2D eigenvalue weighted by atomic mass is 31.2. The van der Waals surface area contributed by atoms with Crippen LogP contribution in [0.3, 0.4) is 0 Å². The van der Waals surface area contributed by atoms with E-state index >= 15 is 0 Å². The van der Waals surface area contributed by atoms with Crippen molar-refractivity contribution in [3.8, 4) is 0 Å². The van der Waals surface area contributed by atoms with Crippen molar-refractivity contribution in [2.75, 3.05) is 19.8 Å². The summed E-state index contributed by atoms with van der Waals surface area (Å²) < 4.78 is 21.9. The van der Waals surface area contributed by atoms with Crippen LogP contribution in [0.2, 0.25) is 0 Å². The van der Waals surface area contributed by atoms with Crippen molar-refractivity contribution in [3.05, 3.63) is 60.8 Å². The number of aliphatic hydroxyl groups is 1.